The number of nitrogens with one attached hydrogen (secondary N) is 2. The van der Waals surface area contributed by atoms with Gasteiger partial charge in [0.25, 0.3) is 0 Å². The number of aryl methyl sites for hydroxylation is 1. The number of benzene rings is 1. The van der Waals surface area contributed by atoms with Crippen LogP contribution in [0.3, 0.4) is 0 Å². The molecule has 2 aromatic heterocycles. The molecule has 1 aliphatic rings. The van der Waals surface area contributed by atoms with E-state index in [0.29, 0.717) is 17.4 Å². The Bertz CT molecular complexity index is 1080. The van der Waals surface area contributed by atoms with Gasteiger partial charge in [0, 0.05) is 6.04 Å². The fourth-order valence-corrected chi connectivity index (χ4v) is 4.77. The topological polar surface area (TPSA) is 103 Å². The molecular weight excluding hydrogens is 491 g/mol. The van der Waals surface area contributed by atoms with Crippen LogP contribution >= 0.6 is 11.3 Å². The van der Waals surface area contributed by atoms with Gasteiger partial charge in [-0.1, -0.05) is 32.9 Å². The minimum Gasteiger partial charge on any atom is -0.367 e. The van der Waals surface area contributed by atoms with Crippen LogP contribution in [-0.4, -0.2) is 49.7 Å². The average molecular weight is 528 g/mol. The quantitative estimate of drug-likeness (QED) is 0.286. The van der Waals surface area contributed by atoms with E-state index in [1.54, 1.807) is 6.92 Å². The van der Waals surface area contributed by atoms with Gasteiger partial charge in [0.15, 0.2) is 5.79 Å². The van der Waals surface area contributed by atoms with Gasteiger partial charge in [-0.15, -0.1) is 11.3 Å². The fraction of sp³-hybridized carbons (Fsp3) is 0.560. The van der Waals surface area contributed by atoms with E-state index < -0.39 is 18.5 Å². The Hall–Kier alpha value is -2.50. The van der Waals surface area contributed by atoms with Crippen LogP contribution in [0, 0.1) is 12.8 Å². The maximum absolute atomic E-state index is 12.6. The van der Waals surface area contributed by atoms with Crippen molar-refractivity contribution in [1.82, 2.24) is 15.0 Å². The molecule has 0 radical (unpaired) electrons. The highest BCUT2D eigenvalue weighted by molar-refractivity contribution is 7.21. The van der Waals surface area contributed by atoms with E-state index in [-0.39, 0.29) is 12.0 Å². The Kier molecular flexibility index (Phi) is 10.4. The molecule has 1 fully saturated rings. The second-order valence-electron chi connectivity index (χ2n) is 9.07. The molecule has 7 nitrogen and oxygen atoms in total. The number of hydrogen-bond acceptors (Lipinski definition) is 8. The summed E-state index contributed by atoms with van der Waals surface area (Å²) in [5.74, 6) is -0.372. The predicted molar refractivity (Wildman–Crippen MR) is 140 cm³/mol. The minimum atomic E-state index is -4.34. The van der Waals surface area contributed by atoms with Gasteiger partial charge in [0.2, 0.25) is 5.95 Å². The van der Waals surface area contributed by atoms with Crippen LogP contribution in [0.25, 0.3) is 20.8 Å². The monoisotopic (exact) mass is 527 g/mol. The summed E-state index contributed by atoms with van der Waals surface area (Å²) >= 11 is 1.53. The zero-order valence-electron chi connectivity index (χ0n) is 21.6. The van der Waals surface area contributed by atoms with E-state index in [1.807, 2.05) is 38.1 Å². The van der Waals surface area contributed by atoms with Crippen molar-refractivity contribution < 1.29 is 23.4 Å². The summed E-state index contributed by atoms with van der Waals surface area (Å²) in [5, 5.41) is 22.7. The molecule has 4 N–H and O–H groups in total. The average Bonchev–Trinajstić information content (AvgIpc) is 3.37. The first-order valence-electron chi connectivity index (χ1n) is 12.0. The lowest BCUT2D eigenvalue weighted by atomic mass is 10.1. The molecule has 0 spiro atoms. The van der Waals surface area contributed by atoms with Gasteiger partial charge in [-0.05, 0) is 58.1 Å². The van der Waals surface area contributed by atoms with Gasteiger partial charge in [0.1, 0.15) is 17.4 Å². The second-order valence-corrected chi connectivity index (χ2v) is 10.1. The highest BCUT2D eigenvalue weighted by atomic mass is 32.1. The molecule has 0 aliphatic heterocycles. The maximum Gasteiger partial charge on any atom is 0.405 e. The van der Waals surface area contributed by atoms with Gasteiger partial charge < -0.3 is 20.8 Å². The molecule has 2 unspecified atom stereocenters. The number of aliphatic hydroxyl groups is 2. The number of aromatic nitrogens is 3. The number of nitrogens with zero attached hydrogens (tertiary/aromatic N) is 3. The van der Waals surface area contributed by atoms with E-state index in [2.05, 4.69) is 27.5 Å². The Balaban J connectivity index is 0.000000583. The third-order valence-electron chi connectivity index (χ3n) is 5.08. The lowest BCUT2D eigenvalue weighted by molar-refractivity contribution is -0.127. The Morgan fingerprint density at radius 2 is 1.69 bits per heavy atom. The summed E-state index contributed by atoms with van der Waals surface area (Å²) < 4.78 is 38.9. The molecule has 1 aromatic carbocycles. The van der Waals surface area contributed by atoms with Gasteiger partial charge in [-0.25, -0.2) is 9.97 Å². The van der Waals surface area contributed by atoms with Gasteiger partial charge in [0.05, 0.1) is 21.5 Å². The summed E-state index contributed by atoms with van der Waals surface area (Å²) in [7, 11) is 0. The molecule has 1 saturated carbocycles. The van der Waals surface area contributed by atoms with Crippen LogP contribution in [-0.2, 0) is 0 Å². The number of alkyl halides is 3. The Labute approximate surface area is 214 Å². The first-order chi connectivity index (χ1) is 16.8. The molecular formula is C25H36F3N5O2S. The van der Waals surface area contributed by atoms with Crippen molar-refractivity contribution in [2.75, 3.05) is 17.2 Å². The number of anilines is 2. The van der Waals surface area contributed by atoms with E-state index in [9.17, 15) is 13.2 Å². The lowest BCUT2D eigenvalue weighted by Crippen LogP contribution is -2.23. The smallest absolute Gasteiger partial charge is 0.367 e. The number of thiazole rings is 1. The summed E-state index contributed by atoms with van der Waals surface area (Å²) in [6.07, 6.45) is -1.20. The summed E-state index contributed by atoms with van der Waals surface area (Å²) in [4.78, 5) is 13.4. The number of para-hydroxylation sites is 1. The molecule has 2 heterocycles. The highest BCUT2D eigenvalue weighted by Gasteiger charge is 2.28. The SMILES string of the molecule is CC.CC(C)(O)O.Cc1nc(NCC(F)(F)F)nc(NC2CCC(C)C2)c1-c1nc2ccccc2s1. The van der Waals surface area contributed by atoms with Crippen LogP contribution in [0.1, 0.15) is 59.6 Å². The summed E-state index contributed by atoms with van der Waals surface area (Å²) in [5.41, 5.74) is 2.23. The number of halogens is 3. The Morgan fingerprint density at radius 1 is 1.06 bits per heavy atom. The second kappa shape index (κ2) is 12.6. The largest absolute Gasteiger partial charge is 0.405 e. The van der Waals surface area contributed by atoms with Crippen molar-refractivity contribution in [3.05, 3.63) is 30.0 Å². The number of fused-ring (bicyclic) bond motifs is 1. The molecule has 0 amide bonds. The molecule has 3 aromatic rings. The molecule has 2 atom stereocenters. The maximum atomic E-state index is 12.6. The molecule has 0 saturated heterocycles. The highest BCUT2D eigenvalue weighted by Crippen LogP contribution is 2.37. The molecule has 1 aliphatic carbocycles. The van der Waals surface area contributed by atoms with E-state index in [0.717, 1.165) is 40.1 Å². The first kappa shape index (κ1) is 29.7. The fourth-order valence-electron chi connectivity index (χ4n) is 3.70. The van der Waals surface area contributed by atoms with Crippen molar-refractivity contribution in [2.45, 2.75) is 78.8 Å². The van der Waals surface area contributed by atoms with Crippen LogP contribution in [0.2, 0.25) is 0 Å². The van der Waals surface area contributed by atoms with Crippen molar-refractivity contribution in [2.24, 2.45) is 5.92 Å². The third kappa shape index (κ3) is 9.51. The molecule has 0 bridgehead atoms. The predicted octanol–water partition coefficient (Wildman–Crippen LogP) is 6.37. The standard InChI is InChI=1S/C20H22F3N5S.C3H8O2.C2H6/c1-11-7-8-13(9-11)26-17-16(18-27-14-5-3-4-6-15(14)29-18)12(2)25-19(28-17)24-10-20(21,22)23;1-3(2,4)5;1-2/h3-6,11,13H,7-10H2,1-2H3,(H2,24,25,26,28);4-5H,1-2H3;1-2H3. The van der Waals surface area contributed by atoms with Crippen molar-refractivity contribution in [3.8, 4) is 10.6 Å². The minimum absolute atomic E-state index is 0.0294. The summed E-state index contributed by atoms with van der Waals surface area (Å²) in [6.45, 7) is 9.41. The normalized spacial score (nSPS) is 17.6. The molecule has 200 valence electrons. The summed E-state index contributed by atoms with van der Waals surface area (Å²) in [6, 6.07) is 8.06. The van der Waals surface area contributed by atoms with Crippen LogP contribution in [0.5, 0.6) is 0 Å². The number of rotatable bonds is 5. The molecule has 4 rings (SSSR count). The zero-order valence-corrected chi connectivity index (χ0v) is 22.4. The van der Waals surface area contributed by atoms with Gasteiger partial charge >= 0.3 is 6.18 Å². The van der Waals surface area contributed by atoms with Gasteiger partial charge in [-0.2, -0.15) is 18.2 Å². The van der Waals surface area contributed by atoms with Gasteiger partial charge in [-0.3, -0.25) is 0 Å². The van der Waals surface area contributed by atoms with Crippen LogP contribution in [0.4, 0.5) is 24.9 Å². The van der Waals surface area contributed by atoms with Crippen LogP contribution < -0.4 is 10.6 Å². The van der Waals surface area contributed by atoms with Crippen molar-refractivity contribution in [3.63, 3.8) is 0 Å². The van der Waals surface area contributed by atoms with Crippen molar-refractivity contribution >= 4 is 33.3 Å². The first-order valence-corrected chi connectivity index (χ1v) is 12.9. The third-order valence-corrected chi connectivity index (χ3v) is 6.13. The molecule has 11 heteroatoms. The van der Waals surface area contributed by atoms with Crippen LogP contribution in [0.15, 0.2) is 24.3 Å². The molecule has 36 heavy (non-hydrogen) atoms. The lowest BCUT2D eigenvalue weighted by Gasteiger charge is -2.18. The van der Waals surface area contributed by atoms with Crippen molar-refractivity contribution in [1.29, 1.82) is 0 Å². The van der Waals surface area contributed by atoms with E-state index in [1.165, 1.54) is 25.2 Å². The van der Waals surface area contributed by atoms with E-state index >= 15 is 0 Å². The van der Waals surface area contributed by atoms with E-state index in [4.69, 9.17) is 15.2 Å². The number of hydrogen-bond donors (Lipinski definition) is 4. The Morgan fingerprint density at radius 3 is 2.25 bits per heavy atom. The zero-order chi connectivity index (χ0) is 27.1.